The van der Waals surface area contributed by atoms with E-state index in [9.17, 15) is 13.2 Å². The molecule has 0 saturated heterocycles. The van der Waals surface area contributed by atoms with Crippen molar-refractivity contribution in [1.29, 1.82) is 0 Å². The molecular weight excluding hydrogens is 259 g/mol. The van der Waals surface area contributed by atoms with Gasteiger partial charge in [0.1, 0.15) is 0 Å². The number of rotatable bonds is 6. The minimum atomic E-state index is -4.32. The lowest BCUT2D eigenvalue weighted by Gasteiger charge is -2.21. The van der Waals surface area contributed by atoms with Gasteiger partial charge in [0, 0.05) is 13.2 Å². The molecule has 0 spiro atoms. The van der Waals surface area contributed by atoms with Gasteiger partial charge in [-0.15, -0.1) is 0 Å². The first-order valence-electron chi connectivity index (χ1n) is 5.91. The van der Waals surface area contributed by atoms with Crippen LogP contribution in [0, 0.1) is 0 Å². The van der Waals surface area contributed by atoms with Crippen molar-refractivity contribution in [2.24, 2.45) is 0 Å². The van der Waals surface area contributed by atoms with E-state index in [4.69, 9.17) is 9.84 Å². The first-order valence-corrected chi connectivity index (χ1v) is 5.91. The van der Waals surface area contributed by atoms with E-state index in [1.165, 1.54) is 19.2 Å². The molecule has 0 aliphatic rings. The third-order valence-electron chi connectivity index (χ3n) is 2.81. The fourth-order valence-corrected chi connectivity index (χ4v) is 1.77. The number of halogens is 3. The molecule has 0 aliphatic carbocycles. The van der Waals surface area contributed by atoms with Crippen molar-refractivity contribution in [3.05, 3.63) is 35.4 Å². The summed E-state index contributed by atoms with van der Waals surface area (Å²) in [5, 5.41) is 12.2. The zero-order valence-corrected chi connectivity index (χ0v) is 10.9. The predicted molar refractivity (Wildman–Crippen MR) is 65.7 cm³/mol. The van der Waals surface area contributed by atoms with Crippen LogP contribution in [-0.2, 0) is 10.9 Å². The Balaban J connectivity index is 2.69. The van der Waals surface area contributed by atoms with Crippen molar-refractivity contribution in [3.63, 3.8) is 0 Å². The Labute approximate surface area is 110 Å². The van der Waals surface area contributed by atoms with Gasteiger partial charge in [0.2, 0.25) is 0 Å². The summed E-state index contributed by atoms with van der Waals surface area (Å²) in [5.41, 5.74) is 0.0570. The highest BCUT2D eigenvalue weighted by molar-refractivity contribution is 5.26. The van der Waals surface area contributed by atoms with E-state index in [1.807, 2.05) is 6.92 Å². The first-order chi connectivity index (χ1) is 8.88. The van der Waals surface area contributed by atoms with Crippen molar-refractivity contribution in [1.82, 2.24) is 5.32 Å². The van der Waals surface area contributed by atoms with Crippen molar-refractivity contribution in [3.8, 4) is 0 Å². The second-order valence-electron chi connectivity index (χ2n) is 4.34. The Morgan fingerprint density at radius 3 is 2.26 bits per heavy atom. The largest absolute Gasteiger partial charge is 0.416 e. The lowest BCUT2D eigenvalue weighted by molar-refractivity contribution is -0.137. The SMILES string of the molecule is COCC(CO)NC(C)c1ccc(C(F)(F)F)cc1. The number of hydrogen-bond acceptors (Lipinski definition) is 3. The molecule has 1 aromatic carbocycles. The minimum Gasteiger partial charge on any atom is -0.395 e. The summed E-state index contributed by atoms with van der Waals surface area (Å²) in [4.78, 5) is 0. The van der Waals surface area contributed by atoms with E-state index in [2.05, 4.69) is 5.32 Å². The van der Waals surface area contributed by atoms with Crippen molar-refractivity contribution in [2.75, 3.05) is 20.3 Å². The molecule has 0 heterocycles. The van der Waals surface area contributed by atoms with Crippen molar-refractivity contribution in [2.45, 2.75) is 25.2 Å². The second kappa shape index (κ2) is 6.88. The molecular formula is C13H18F3NO2. The van der Waals surface area contributed by atoms with E-state index in [-0.39, 0.29) is 18.7 Å². The number of benzene rings is 1. The standard InChI is InChI=1S/C13H18F3NO2/c1-9(17-12(7-18)8-19-2)10-3-5-11(6-4-10)13(14,15)16/h3-6,9,12,17-18H,7-8H2,1-2H3. The molecule has 0 saturated carbocycles. The van der Waals surface area contributed by atoms with E-state index in [1.54, 1.807) is 0 Å². The fourth-order valence-electron chi connectivity index (χ4n) is 1.77. The van der Waals surface area contributed by atoms with Crippen LogP contribution in [0.4, 0.5) is 13.2 Å². The van der Waals surface area contributed by atoms with Gasteiger partial charge in [-0.2, -0.15) is 13.2 Å². The van der Waals surface area contributed by atoms with Crippen molar-refractivity contribution < 1.29 is 23.0 Å². The highest BCUT2D eigenvalue weighted by atomic mass is 19.4. The maximum atomic E-state index is 12.4. The van der Waals surface area contributed by atoms with Gasteiger partial charge >= 0.3 is 6.18 Å². The zero-order valence-electron chi connectivity index (χ0n) is 10.9. The topological polar surface area (TPSA) is 41.5 Å². The molecule has 0 radical (unpaired) electrons. The lowest BCUT2D eigenvalue weighted by atomic mass is 10.1. The summed E-state index contributed by atoms with van der Waals surface area (Å²) in [6, 6.07) is 4.55. The van der Waals surface area contributed by atoms with E-state index >= 15 is 0 Å². The van der Waals surface area contributed by atoms with Crippen molar-refractivity contribution >= 4 is 0 Å². The molecule has 0 fully saturated rings. The number of methoxy groups -OCH3 is 1. The van der Waals surface area contributed by atoms with Gasteiger partial charge in [0.05, 0.1) is 24.8 Å². The molecule has 19 heavy (non-hydrogen) atoms. The average molecular weight is 277 g/mol. The molecule has 1 aromatic rings. The highest BCUT2D eigenvalue weighted by Gasteiger charge is 2.30. The molecule has 108 valence electrons. The minimum absolute atomic E-state index is 0.0984. The number of aliphatic hydroxyl groups excluding tert-OH is 1. The highest BCUT2D eigenvalue weighted by Crippen LogP contribution is 2.29. The van der Waals surface area contributed by atoms with E-state index in [0.717, 1.165) is 17.7 Å². The molecule has 6 heteroatoms. The average Bonchev–Trinajstić information content (AvgIpc) is 2.37. The van der Waals surface area contributed by atoms with Gasteiger partial charge in [-0.25, -0.2) is 0 Å². The van der Waals surface area contributed by atoms with Crippen LogP contribution in [-0.4, -0.2) is 31.5 Å². The van der Waals surface area contributed by atoms with E-state index < -0.39 is 11.7 Å². The molecule has 0 aromatic heterocycles. The van der Waals surface area contributed by atoms with Crippen LogP contribution in [0.5, 0.6) is 0 Å². The smallest absolute Gasteiger partial charge is 0.395 e. The predicted octanol–water partition coefficient (Wildman–Crippen LogP) is 2.36. The Morgan fingerprint density at radius 2 is 1.84 bits per heavy atom. The number of alkyl halides is 3. The maximum Gasteiger partial charge on any atom is 0.416 e. The summed E-state index contributed by atoms with van der Waals surface area (Å²) in [5.74, 6) is 0. The summed E-state index contributed by atoms with van der Waals surface area (Å²) in [6.07, 6.45) is -4.32. The molecule has 3 nitrogen and oxygen atoms in total. The fraction of sp³-hybridized carbons (Fsp3) is 0.538. The molecule has 2 atom stereocenters. The first kappa shape index (κ1) is 15.9. The Morgan fingerprint density at radius 1 is 1.26 bits per heavy atom. The van der Waals surface area contributed by atoms with Crippen LogP contribution in [0.2, 0.25) is 0 Å². The third kappa shape index (κ3) is 4.81. The summed E-state index contributed by atoms with van der Waals surface area (Å²) in [6.45, 7) is 2.06. The van der Waals surface area contributed by atoms with Gasteiger partial charge in [0.25, 0.3) is 0 Å². The third-order valence-corrected chi connectivity index (χ3v) is 2.81. The summed E-state index contributed by atoms with van der Waals surface area (Å²) >= 11 is 0. The Hall–Kier alpha value is -1.11. The molecule has 0 bridgehead atoms. The van der Waals surface area contributed by atoms with Crippen LogP contribution < -0.4 is 5.32 Å². The lowest BCUT2D eigenvalue weighted by Crippen LogP contribution is -2.38. The number of ether oxygens (including phenoxy) is 1. The van der Waals surface area contributed by atoms with Crippen LogP contribution in [0.15, 0.2) is 24.3 Å². The van der Waals surface area contributed by atoms with E-state index in [0.29, 0.717) is 6.61 Å². The normalized spacial score (nSPS) is 15.3. The molecule has 1 rings (SSSR count). The van der Waals surface area contributed by atoms with Gasteiger partial charge < -0.3 is 15.2 Å². The molecule has 0 amide bonds. The summed E-state index contributed by atoms with van der Waals surface area (Å²) in [7, 11) is 1.52. The quantitative estimate of drug-likeness (QED) is 0.838. The Bertz CT molecular complexity index is 378. The number of hydrogen-bond donors (Lipinski definition) is 2. The second-order valence-corrected chi connectivity index (χ2v) is 4.34. The summed E-state index contributed by atoms with van der Waals surface area (Å²) < 4.78 is 42.2. The monoisotopic (exact) mass is 277 g/mol. The molecule has 0 aliphatic heterocycles. The van der Waals surface area contributed by atoms with Gasteiger partial charge in [-0.3, -0.25) is 0 Å². The Kier molecular flexibility index (Phi) is 5.78. The zero-order chi connectivity index (χ0) is 14.5. The van der Waals surface area contributed by atoms with Crippen LogP contribution >= 0.6 is 0 Å². The number of aliphatic hydroxyl groups is 1. The van der Waals surface area contributed by atoms with Crippen LogP contribution in [0.3, 0.4) is 0 Å². The van der Waals surface area contributed by atoms with Crippen LogP contribution in [0.25, 0.3) is 0 Å². The number of nitrogens with one attached hydrogen (secondary N) is 1. The maximum absolute atomic E-state index is 12.4. The van der Waals surface area contributed by atoms with Gasteiger partial charge in [-0.1, -0.05) is 12.1 Å². The molecule has 2 unspecified atom stereocenters. The van der Waals surface area contributed by atoms with Crippen LogP contribution in [0.1, 0.15) is 24.1 Å². The van der Waals surface area contributed by atoms with Gasteiger partial charge in [-0.05, 0) is 24.6 Å². The van der Waals surface area contributed by atoms with Gasteiger partial charge in [0.15, 0.2) is 0 Å². The molecule has 2 N–H and O–H groups in total.